The summed E-state index contributed by atoms with van der Waals surface area (Å²) in [4.78, 5) is 52.7. The molecule has 4 heterocycles. The monoisotopic (exact) mass is 751 g/mol. The van der Waals surface area contributed by atoms with Crippen molar-refractivity contribution in [1.82, 2.24) is 24.9 Å². The van der Waals surface area contributed by atoms with Crippen molar-refractivity contribution < 1.29 is 37.0 Å². The number of sulfonamides is 1. The van der Waals surface area contributed by atoms with Gasteiger partial charge in [-0.1, -0.05) is 26.0 Å². The summed E-state index contributed by atoms with van der Waals surface area (Å²) in [6.07, 6.45) is 6.91. The van der Waals surface area contributed by atoms with Gasteiger partial charge in [-0.15, -0.1) is 11.3 Å². The summed E-state index contributed by atoms with van der Waals surface area (Å²) < 4.78 is 45.8. The number of ether oxygens (including phenoxy) is 3. The third kappa shape index (κ3) is 7.27. The predicted octanol–water partition coefficient (Wildman–Crippen LogP) is 4.39. The van der Waals surface area contributed by atoms with Gasteiger partial charge in [-0.3, -0.25) is 19.1 Å². The van der Waals surface area contributed by atoms with E-state index in [-0.39, 0.29) is 43.7 Å². The molecule has 52 heavy (non-hydrogen) atoms. The van der Waals surface area contributed by atoms with Gasteiger partial charge in [-0.2, -0.15) is 0 Å². The number of hydrogen-bond acceptors (Lipinski definition) is 11. The van der Waals surface area contributed by atoms with Gasteiger partial charge in [0.05, 0.1) is 30.1 Å². The Balaban J connectivity index is 1.20. The highest BCUT2D eigenvalue weighted by Crippen LogP contribution is 2.46. The van der Waals surface area contributed by atoms with E-state index >= 15 is 0 Å². The molecule has 2 aromatic heterocycles. The van der Waals surface area contributed by atoms with Gasteiger partial charge >= 0.3 is 0 Å². The van der Waals surface area contributed by atoms with Crippen molar-refractivity contribution in [3.05, 3.63) is 47.0 Å². The average Bonchev–Trinajstić information content (AvgIpc) is 3.98. The van der Waals surface area contributed by atoms with E-state index in [2.05, 4.69) is 23.9 Å². The zero-order valence-electron chi connectivity index (χ0n) is 29.8. The highest BCUT2D eigenvalue weighted by Gasteiger charge is 2.62. The fourth-order valence-electron chi connectivity index (χ4n) is 7.00. The van der Waals surface area contributed by atoms with Crippen LogP contribution in [0.1, 0.15) is 76.0 Å². The molecule has 0 bridgehead atoms. The van der Waals surface area contributed by atoms with Crippen LogP contribution in [-0.2, 0) is 29.1 Å². The first-order valence-corrected chi connectivity index (χ1v) is 20.4. The zero-order valence-corrected chi connectivity index (χ0v) is 31.5. The molecule has 4 atom stereocenters. The van der Waals surface area contributed by atoms with E-state index in [1.807, 2.05) is 42.7 Å². The highest BCUT2D eigenvalue weighted by molar-refractivity contribution is 7.91. The Morgan fingerprint density at radius 3 is 2.71 bits per heavy atom. The minimum atomic E-state index is -3.85. The number of aryl methyl sites for hydroxylation is 1. The number of fused-ring (bicyclic) bond motifs is 3. The molecule has 2 N–H and O–H groups in total. The van der Waals surface area contributed by atoms with Crippen LogP contribution in [0, 0.1) is 12.8 Å². The predicted molar refractivity (Wildman–Crippen MR) is 196 cm³/mol. The normalized spacial score (nSPS) is 25.6. The Morgan fingerprint density at radius 1 is 1.17 bits per heavy atom. The summed E-state index contributed by atoms with van der Waals surface area (Å²) in [6.45, 7) is 6.38. The second-order valence-electron chi connectivity index (χ2n) is 14.5. The van der Waals surface area contributed by atoms with Crippen LogP contribution in [0.3, 0.4) is 0 Å². The summed E-state index contributed by atoms with van der Waals surface area (Å²) in [5.41, 5.74) is 1.68. The van der Waals surface area contributed by atoms with Gasteiger partial charge in [0.25, 0.3) is 5.91 Å². The molecule has 0 radical (unpaired) electrons. The van der Waals surface area contributed by atoms with Gasteiger partial charge in [0, 0.05) is 41.3 Å². The summed E-state index contributed by atoms with van der Waals surface area (Å²) in [6, 6.07) is 4.60. The van der Waals surface area contributed by atoms with Crippen LogP contribution in [0.5, 0.6) is 11.5 Å². The Bertz CT molecular complexity index is 2030. The molecule has 7 rings (SSSR count). The van der Waals surface area contributed by atoms with E-state index in [1.165, 1.54) is 16.2 Å². The lowest BCUT2D eigenvalue weighted by Gasteiger charge is -2.26. The van der Waals surface area contributed by atoms with E-state index in [1.54, 1.807) is 7.11 Å². The molecule has 13 nitrogen and oxygen atoms in total. The molecule has 2 aliphatic heterocycles. The van der Waals surface area contributed by atoms with Crippen LogP contribution in [-0.4, -0.2) is 90.8 Å². The van der Waals surface area contributed by atoms with Crippen molar-refractivity contribution in [2.24, 2.45) is 5.92 Å². The van der Waals surface area contributed by atoms with Crippen LogP contribution in [0.2, 0.25) is 0 Å². The van der Waals surface area contributed by atoms with Gasteiger partial charge in [0.15, 0.2) is 0 Å². The Labute approximate surface area is 307 Å². The fraction of sp³-hybridized carbons (Fsp3) is 0.541. The molecular formula is C37H45N5O8S2. The van der Waals surface area contributed by atoms with Gasteiger partial charge in [0.1, 0.15) is 46.5 Å². The van der Waals surface area contributed by atoms with Crippen molar-refractivity contribution in [1.29, 1.82) is 0 Å². The molecule has 4 unspecified atom stereocenters. The van der Waals surface area contributed by atoms with Gasteiger partial charge in [0.2, 0.25) is 21.8 Å². The third-order valence-corrected chi connectivity index (χ3v) is 13.0. The smallest absolute Gasteiger partial charge is 0.259 e. The number of carbonyl (C=O) groups is 3. The summed E-state index contributed by atoms with van der Waals surface area (Å²) in [7, 11) is -2.24. The first-order valence-electron chi connectivity index (χ1n) is 17.9. The average molecular weight is 752 g/mol. The highest BCUT2D eigenvalue weighted by atomic mass is 32.2. The maximum Gasteiger partial charge on any atom is 0.259 e. The van der Waals surface area contributed by atoms with Crippen LogP contribution in [0.25, 0.3) is 21.6 Å². The largest absolute Gasteiger partial charge is 0.496 e. The molecule has 4 aliphatic rings. The van der Waals surface area contributed by atoms with Crippen LogP contribution in [0.15, 0.2) is 35.7 Å². The SMILES string of the molecule is COc1ccc2c(OC3CC4C(=O)NC5(C(=O)NS(=O)(=O)C6CC6)CC5C=CCCCCOCC(=O)N4C3)cc(-c3nc(C(C)C)cs3)nc2c1C. The number of thiazole rings is 1. The minimum absolute atomic E-state index is 0.0991. The van der Waals surface area contributed by atoms with Crippen molar-refractivity contribution in [2.45, 2.75) is 94.6 Å². The molecule has 1 saturated heterocycles. The number of nitrogens with one attached hydrogen (secondary N) is 2. The maximum absolute atomic E-state index is 14.2. The van der Waals surface area contributed by atoms with Gasteiger partial charge < -0.3 is 24.4 Å². The van der Waals surface area contributed by atoms with Crippen molar-refractivity contribution >= 4 is 50.0 Å². The molecule has 0 spiro atoms. The number of rotatable bonds is 8. The fourth-order valence-corrected chi connectivity index (χ4v) is 9.30. The lowest BCUT2D eigenvalue weighted by molar-refractivity contribution is -0.143. The zero-order chi connectivity index (χ0) is 36.8. The third-order valence-electron chi connectivity index (χ3n) is 10.3. The first kappa shape index (κ1) is 36.3. The topological polar surface area (TPSA) is 166 Å². The Morgan fingerprint density at radius 2 is 1.98 bits per heavy atom. The Kier molecular flexibility index (Phi) is 10.0. The molecule has 3 fully saturated rings. The number of nitrogens with zero attached hydrogens (tertiary/aromatic N) is 3. The molecular weight excluding hydrogens is 707 g/mol. The molecule has 2 aliphatic carbocycles. The van der Waals surface area contributed by atoms with E-state index in [0.29, 0.717) is 42.2 Å². The molecule has 1 aromatic carbocycles. The van der Waals surface area contributed by atoms with Crippen molar-refractivity contribution in [3.8, 4) is 22.2 Å². The quantitative estimate of drug-likeness (QED) is 0.316. The van der Waals surface area contributed by atoms with Crippen molar-refractivity contribution in [2.75, 3.05) is 26.9 Å². The standard InChI is InChI=1S/C37H45N5O8S2/c1-21(2)28-20-51-35(39-28)27-16-31(26-12-13-30(48-4)22(3)33(26)38-27)50-24-15-29-34(44)40-37(36(45)41-52(46,47)25-10-11-25)17-23(37)9-7-5-6-8-14-49-19-32(43)42(29)18-24/h7,9,12-13,16,20-21,23-25,29H,5-6,8,10-11,14-15,17-19H2,1-4H3,(H,40,44)(H,41,45). The lowest BCUT2D eigenvalue weighted by atomic mass is 10.1. The Hall–Kier alpha value is -4.08. The summed E-state index contributed by atoms with van der Waals surface area (Å²) in [5.74, 6) is -0.598. The second kappa shape index (κ2) is 14.4. The summed E-state index contributed by atoms with van der Waals surface area (Å²) in [5, 5.41) is 5.81. The van der Waals surface area contributed by atoms with Gasteiger partial charge in [-0.25, -0.2) is 18.4 Å². The van der Waals surface area contributed by atoms with Crippen LogP contribution < -0.4 is 19.5 Å². The van der Waals surface area contributed by atoms with Crippen LogP contribution in [0.4, 0.5) is 0 Å². The minimum Gasteiger partial charge on any atom is -0.496 e. The van der Waals surface area contributed by atoms with Gasteiger partial charge in [-0.05, 0) is 63.5 Å². The maximum atomic E-state index is 14.2. The molecule has 3 aromatic rings. The number of aromatic nitrogens is 2. The van der Waals surface area contributed by atoms with E-state index in [4.69, 9.17) is 24.2 Å². The number of carbonyl (C=O) groups excluding carboxylic acids is 3. The number of hydrogen-bond donors (Lipinski definition) is 2. The van der Waals surface area contributed by atoms with E-state index < -0.39 is 44.8 Å². The molecule has 15 heteroatoms. The number of amides is 3. The molecule has 2 saturated carbocycles. The van der Waals surface area contributed by atoms with E-state index in [9.17, 15) is 22.8 Å². The summed E-state index contributed by atoms with van der Waals surface area (Å²) >= 11 is 1.50. The first-order chi connectivity index (χ1) is 24.9. The number of benzene rings is 1. The second-order valence-corrected chi connectivity index (χ2v) is 17.3. The van der Waals surface area contributed by atoms with Crippen LogP contribution >= 0.6 is 11.3 Å². The lowest BCUT2D eigenvalue weighted by Crippen LogP contribution is -2.56. The van der Waals surface area contributed by atoms with Crippen molar-refractivity contribution in [3.63, 3.8) is 0 Å². The number of pyridine rings is 1. The number of methoxy groups -OCH3 is 1. The molecule has 3 amide bonds. The number of allylic oxidation sites excluding steroid dienone is 1. The van der Waals surface area contributed by atoms with E-state index in [0.717, 1.165) is 40.9 Å². The molecule has 278 valence electrons.